The molecule has 3 atom stereocenters. The van der Waals surface area contributed by atoms with Gasteiger partial charge >= 0.3 is 0 Å². The lowest BCUT2D eigenvalue weighted by Crippen LogP contribution is -2.36. The average Bonchev–Trinajstić information content (AvgIpc) is 3.28. The van der Waals surface area contributed by atoms with Crippen LogP contribution in [0.3, 0.4) is 0 Å². The minimum atomic E-state index is -0.406. The molecule has 0 amide bonds. The normalized spacial score (nSPS) is 25.6. The van der Waals surface area contributed by atoms with Crippen molar-refractivity contribution in [2.24, 2.45) is 17.8 Å². The minimum absolute atomic E-state index is 0.125. The number of unbranched alkanes of at least 4 members (excludes halogenated alkanes) is 5. The van der Waals surface area contributed by atoms with Gasteiger partial charge in [0.05, 0.1) is 13.2 Å². The predicted octanol–water partition coefficient (Wildman–Crippen LogP) is 5.04. The quantitative estimate of drug-likeness (QED) is 0.359. The zero-order valence-corrected chi connectivity index (χ0v) is 17.5. The molecule has 0 aromatic rings. The minimum Gasteiger partial charge on any atom is -0.396 e. The molecule has 1 spiro atoms. The van der Waals surface area contributed by atoms with Crippen molar-refractivity contribution in [3.8, 4) is 0 Å². The van der Waals surface area contributed by atoms with Crippen LogP contribution in [0.1, 0.15) is 84.5 Å². The van der Waals surface area contributed by atoms with Crippen LogP contribution in [0.4, 0.5) is 0 Å². The molecule has 2 aliphatic rings. The van der Waals surface area contributed by atoms with E-state index in [2.05, 4.69) is 13.0 Å². The highest BCUT2D eigenvalue weighted by Crippen LogP contribution is 2.48. The Bertz CT molecular complexity index is 453. The molecule has 1 saturated heterocycles. The van der Waals surface area contributed by atoms with E-state index >= 15 is 0 Å². The van der Waals surface area contributed by atoms with E-state index in [4.69, 9.17) is 14.6 Å². The first-order valence-corrected chi connectivity index (χ1v) is 11.2. The summed E-state index contributed by atoms with van der Waals surface area (Å²) >= 11 is 0. The summed E-state index contributed by atoms with van der Waals surface area (Å²) in [7, 11) is 0. The summed E-state index contributed by atoms with van der Waals surface area (Å²) in [5.41, 5.74) is 0. The topological polar surface area (TPSA) is 55.8 Å². The smallest absolute Gasteiger partial charge is 0.171 e. The average molecular weight is 381 g/mol. The van der Waals surface area contributed by atoms with E-state index in [1.54, 1.807) is 0 Å². The van der Waals surface area contributed by atoms with Crippen LogP contribution in [0.25, 0.3) is 0 Å². The summed E-state index contributed by atoms with van der Waals surface area (Å²) in [5, 5.41) is 8.89. The third-order valence-corrected chi connectivity index (χ3v) is 6.34. The van der Waals surface area contributed by atoms with E-state index in [0.717, 1.165) is 57.8 Å². The highest BCUT2D eigenvalue weighted by molar-refractivity contribution is 5.91. The van der Waals surface area contributed by atoms with Gasteiger partial charge in [0.1, 0.15) is 0 Å². The fraction of sp³-hybridized carbons (Fsp3) is 0.870. The highest BCUT2D eigenvalue weighted by atomic mass is 16.7. The first-order valence-electron chi connectivity index (χ1n) is 11.2. The molecule has 2 rings (SSSR count). The number of carbonyl (C=O) groups excluding carboxylic acids is 1. The monoisotopic (exact) mass is 380 g/mol. The Morgan fingerprint density at radius 2 is 1.85 bits per heavy atom. The van der Waals surface area contributed by atoms with Crippen LogP contribution in [0.15, 0.2) is 12.2 Å². The summed E-state index contributed by atoms with van der Waals surface area (Å²) in [4.78, 5) is 12.4. The highest BCUT2D eigenvalue weighted by Gasteiger charge is 2.51. The van der Waals surface area contributed by atoms with Crippen molar-refractivity contribution in [1.29, 1.82) is 0 Å². The standard InChI is InChI=1S/C23H40O4/c1-3-4-10-19(2)22(25)13-12-20-14-15-23(26-17-18-27-23)21(20)11-8-6-5-7-9-16-24/h12-13,19-21,24H,3-11,14-18H2,1-2H3. The van der Waals surface area contributed by atoms with Gasteiger partial charge in [-0.2, -0.15) is 0 Å². The van der Waals surface area contributed by atoms with Crippen LogP contribution in [-0.4, -0.2) is 36.5 Å². The Kier molecular flexibility index (Phi) is 10.0. The predicted molar refractivity (Wildman–Crippen MR) is 108 cm³/mol. The van der Waals surface area contributed by atoms with Gasteiger partial charge in [-0.3, -0.25) is 4.79 Å². The van der Waals surface area contributed by atoms with Crippen LogP contribution in [-0.2, 0) is 14.3 Å². The Labute approximate surface area is 165 Å². The largest absolute Gasteiger partial charge is 0.396 e. The number of hydrogen-bond donors (Lipinski definition) is 1. The van der Waals surface area contributed by atoms with Gasteiger partial charge in [0.15, 0.2) is 11.6 Å². The zero-order chi connectivity index (χ0) is 19.5. The molecule has 0 radical (unpaired) electrons. The Morgan fingerprint density at radius 3 is 2.56 bits per heavy atom. The number of ketones is 1. The molecule has 1 saturated carbocycles. The molecule has 0 aromatic carbocycles. The van der Waals surface area contributed by atoms with Crippen molar-refractivity contribution in [3.05, 3.63) is 12.2 Å². The van der Waals surface area contributed by atoms with Gasteiger partial charge in [0, 0.05) is 24.9 Å². The van der Waals surface area contributed by atoms with E-state index in [9.17, 15) is 4.79 Å². The Morgan fingerprint density at radius 1 is 1.15 bits per heavy atom. The second-order valence-electron chi connectivity index (χ2n) is 8.40. The van der Waals surface area contributed by atoms with Crippen LogP contribution in [0, 0.1) is 17.8 Å². The van der Waals surface area contributed by atoms with E-state index in [1.165, 1.54) is 12.8 Å². The van der Waals surface area contributed by atoms with Crippen molar-refractivity contribution < 1.29 is 19.4 Å². The van der Waals surface area contributed by atoms with Gasteiger partial charge in [-0.05, 0) is 37.7 Å². The molecule has 27 heavy (non-hydrogen) atoms. The van der Waals surface area contributed by atoms with E-state index in [0.29, 0.717) is 31.7 Å². The molecule has 156 valence electrons. The molecule has 3 unspecified atom stereocenters. The van der Waals surface area contributed by atoms with Crippen molar-refractivity contribution in [1.82, 2.24) is 0 Å². The van der Waals surface area contributed by atoms with Crippen molar-refractivity contribution >= 4 is 5.78 Å². The van der Waals surface area contributed by atoms with E-state index in [-0.39, 0.29) is 11.7 Å². The molecule has 2 fully saturated rings. The van der Waals surface area contributed by atoms with Gasteiger partial charge in [0.2, 0.25) is 0 Å². The van der Waals surface area contributed by atoms with Gasteiger partial charge in [-0.25, -0.2) is 0 Å². The number of aliphatic hydroxyl groups is 1. The summed E-state index contributed by atoms with van der Waals surface area (Å²) in [6.07, 6.45) is 15.9. The molecule has 4 heteroatoms. The number of rotatable bonds is 13. The molecule has 0 bridgehead atoms. The SMILES string of the molecule is CCCCC(C)C(=O)C=CC1CCC2(OCCO2)C1CCCCCCCO. The summed E-state index contributed by atoms with van der Waals surface area (Å²) in [5.74, 6) is 0.716. The molecular weight excluding hydrogens is 340 g/mol. The Hall–Kier alpha value is -0.710. The lowest BCUT2D eigenvalue weighted by molar-refractivity contribution is -0.186. The van der Waals surface area contributed by atoms with Gasteiger partial charge in [-0.1, -0.05) is 58.4 Å². The second-order valence-corrected chi connectivity index (χ2v) is 8.40. The van der Waals surface area contributed by atoms with Crippen molar-refractivity contribution in [3.63, 3.8) is 0 Å². The lowest BCUT2D eigenvalue weighted by Gasteiger charge is -2.31. The third kappa shape index (κ3) is 6.69. The number of carbonyl (C=O) groups is 1. The summed E-state index contributed by atoms with van der Waals surface area (Å²) in [6.45, 7) is 5.89. The van der Waals surface area contributed by atoms with Crippen molar-refractivity contribution in [2.75, 3.05) is 19.8 Å². The fourth-order valence-corrected chi connectivity index (χ4v) is 4.62. The summed E-state index contributed by atoms with van der Waals surface area (Å²) < 4.78 is 12.1. The molecule has 1 aliphatic carbocycles. The maximum atomic E-state index is 12.4. The molecular formula is C23H40O4. The van der Waals surface area contributed by atoms with Crippen LogP contribution >= 0.6 is 0 Å². The lowest BCUT2D eigenvalue weighted by atomic mass is 9.86. The second kappa shape index (κ2) is 12.0. The number of hydrogen-bond acceptors (Lipinski definition) is 4. The van der Waals surface area contributed by atoms with Crippen LogP contribution < -0.4 is 0 Å². The zero-order valence-electron chi connectivity index (χ0n) is 17.5. The van der Waals surface area contributed by atoms with Crippen molar-refractivity contribution in [2.45, 2.75) is 90.3 Å². The maximum Gasteiger partial charge on any atom is 0.171 e. The molecule has 1 heterocycles. The molecule has 1 aliphatic heterocycles. The maximum absolute atomic E-state index is 12.4. The third-order valence-electron chi connectivity index (χ3n) is 6.34. The molecule has 0 aromatic heterocycles. The van der Waals surface area contributed by atoms with Gasteiger partial charge in [0.25, 0.3) is 0 Å². The Balaban J connectivity index is 1.89. The number of allylic oxidation sites excluding steroid dienone is 2. The van der Waals surface area contributed by atoms with E-state index < -0.39 is 5.79 Å². The first kappa shape index (κ1) is 22.6. The molecule has 4 nitrogen and oxygen atoms in total. The fourth-order valence-electron chi connectivity index (χ4n) is 4.62. The van der Waals surface area contributed by atoms with Crippen LogP contribution in [0.5, 0.6) is 0 Å². The number of ether oxygens (including phenoxy) is 2. The number of aliphatic hydroxyl groups excluding tert-OH is 1. The summed E-state index contributed by atoms with van der Waals surface area (Å²) in [6, 6.07) is 0. The first-order chi connectivity index (χ1) is 13.1. The van der Waals surface area contributed by atoms with Crippen LogP contribution in [0.2, 0.25) is 0 Å². The van der Waals surface area contributed by atoms with E-state index in [1.807, 2.05) is 13.0 Å². The molecule has 1 N–H and O–H groups in total. The van der Waals surface area contributed by atoms with Gasteiger partial charge in [-0.15, -0.1) is 0 Å². The van der Waals surface area contributed by atoms with Gasteiger partial charge < -0.3 is 14.6 Å².